The minimum absolute atomic E-state index is 0.137. The number of methoxy groups -OCH3 is 1. The molecule has 0 radical (unpaired) electrons. The van der Waals surface area contributed by atoms with E-state index in [9.17, 15) is 4.79 Å². The number of hydrogen-bond donors (Lipinski definition) is 1. The SMILES string of the molecule is COc1ccccc1CC1CCCN1C(=O)Nc1cccnc1Cl. The molecule has 2 amide bonds. The zero-order valence-electron chi connectivity index (χ0n) is 13.5. The highest BCUT2D eigenvalue weighted by Crippen LogP contribution is 2.27. The molecule has 0 saturated carbocycles. The maximum absolute atomic E-state index is 12.6. The van der Waals surface area contributed by atoms with Crippen molar-refractivity contribution in [3.63, 3.8) is 0 Å². The number of aromatic nitrogens is 1. The van der Waals surface area contributed by atoms with Gasteiger partial charge < -0.3 is 15.0 Å². The number of urea groups is 1. The van der Waals surface area contributed by atoms with Crippen LogP contribution >= 0.6 is 11.6 Å². The number of carbonyl (C=O) groups excluding carboxylic acids is 1. The monoisotopic (exact) mass is 345 g/mol. The van der Waals surface area contributed by atoms with Crippen LogP contribution < -0.4 is 10.1 Å². The number of anilines is 1. The van der Waals surface area contributed by atoms with Crippen LogP contribution in [0.4, 0.5) is 10.5 Å². The van der Waals surface area contributed by atoms with Crippen LogP contribution in [0.5, 0.6) is 5.75 Å². The number of likely N-dealkylation sites (tertiary alicyclic amines) is 1. The van der Waals surface area contributed by atoms with Crippen molar-refractivity contribution in [2.24, 2.45) is 0 Å². The van der Waals surface area contributed by atoms with E-state index >= 15 is 0 Å². The highest BCUT2D eigenvalue weighted by Gasteiger charge is 2.29. The number of nitrogens with zero attached hydrogens (tertiary/aromatic N) is 2. The standard InChI is InChI=1S/C18H20ClN3O2/c1-24-16-9-3-2-6-13(16)12-14-7-5-11-22(14)18(23)21-15-8-4-10-20-17(15)19/h2-4,6,8-10,14H,5,7,11-12H2,1H3,(H,21,23). The van der Waals surface area contributed by atoms with E-state index < -0.39 is 0 Å². The maximum atomic E-state index is 12.6. The number of para-hydroxylation sites is 1. The number of hydrogen-bond acceptors (Lipinski definition) is 3. The third-order valence-corrected chi connectivity index (χ3v) is 4.59. The van der Waals surface area contributed by atoms with Crippen LogP contribution in [0, 0.1) is 0 Å². The van der Waals surface area contributed by atoms with Gasteiger partial charge in [0.2, 0.25) is 0 Å². The Kier molecular flexibility index (Phi) is 5.20. The normalized spacial score (nSPS) is 16.9. The van der Waals surface area contributed by atoms with Crippen molar-refractivity contribution in [3.05, 3.63) is 53.3 Å². The molecule has 2 heterocycles. The molecule has 1 unspecified atom stereocenters. The molecule has 2 aromatic rings. The first-order valence-electron chi connectivity index (χ1n) is 7.99. The van der Waals surface area contributed by atoms with Gasteiger partial charge in [0, 0.05) is 18.8 Å². The lowest BCUT2D eigenvalue weighted by molar-refractivity contribution is 0.206. The van der Waals surface area contributed by atoms with Gasteiger partial charge in [0.05, 0.1) is 12.8 Å². The zero-order valence-corrected chi connectivity index (χ0v) is 14.3. The Morgan fingerprint density at radius 3 is 3.00 bits per heavy atom. The molecule has 6 heteroatoms. The summed E-state index contributed by atoms with van der Waals surface area (Å²) in [6, 6.07) is 11.4. The third kappa shape index (κ3) is 3.62. The van der Waals surface area contributed by atoms with Gasteiger partial charge in [0.1, 0.15) is 5.75 Å². The van der Waals surface area contributed by atoms with Gasteiger partial charge >= 0.3 is 6.03 Å². The minimum atomic E-state index is -0.137. The van der Waals surface area contributed by atoms with Crippen molar-refractivity contribution < 1.29 is 9.53 Å². The molecule has 24 heavy (non-hydrogen) atoms. The Hall–Kier alpha value is -2.27. The summed E-state index contributed by atoms with van der Waals surface area (Å²) in [6.07, 6.45) is 4.34. The number of nitrogens with one attached hydrogen (secondary N) is 1. The third-order valence-electron chi connectivity index (χ3n) is 4.29. The molecule has 1 aromatic heterocycles. The number of pyridine rings is 1. The summed E-state index contributed by atoms with van der Waals surface area (Å²) in [5, 5.41) is 3.16. The molecule has 5 nitrogen and oxygen atoms in total. The van der Waals surface area contributed by atoms with E-state index in [1.165, 1.54) is 0 Å². The lowest BCUT2D eigenvalue weighted by Gasteiger charge is -2.25. The molecule has 126 valence electrons. The molecule has 1 fully saturated rings. The van der Waals surface area contributed by atoms with E-state index in [1.54, 1.807) is 25.4 Å². The first-order valence-corrected chi connectivity index (χ1v) is 8.37. The molecule has 0 spiro atoms. The molecule has 0 bridgehead atoms. The molecule has 1 aliphatic heterocycles. The van der Waals surface area contributed by atoms with Gasteiger partial charge in [0.25, 0.3) is 0 Å². The predicted octanol–water partition coefficient (Wildman–Crippen LogP) is 3.98. The Labute approximate surface area is 146 Å². The van der Waals surface area contributed by atoms with Crippen LogP contribution in [0.2, 0.25) is 5.15 Å². The van der Waals surface area contributed by atoms with Crippen LogP contribution in [0.15, 0.2) is 42.6 Å². The van der Waals surface area contributed by atoms with Gasteiger partial charge in [-0.2, -0.15) is 0 Å². The largest absolute Gasteiger partial charge is 0.496 e. The molecule has 1 aliphatic rings. The number of carbonyl (C=O) groups is 1. The van der Waals surface area contributed by atoms with Gasteiger partial charge in [-0.3, -0.25) is 0 Å². The highest BCUT2D eigenvalue weighted by atomic mass is 35.5. The highest BCUT2D eigenvalue weighted by molar-refractivity contribution is 6.32. The molecule has 0 aliphatic carbocycles. The smallest absolute Gasteiger partial charge is 0.322 e. The van der Waals surface area contributed by atoms with Crippen LogP contribution in [-0.4, -0.2) is 35.6 Å². The van der Waals surface area contributed by atoms with Crippen molar-refractivity contribution in [2.75, 3.05) is 19.0 Å². The molecular weight excluding hydrogens is 326 g/mol. The summed E-state index contributed by atoms with van der Waals surface area (Å²) >= 11 is 6.02. The zero-order chi connectivity index (χ0) is 16.9. The van der Waals surface area contributed by atoms with Crippen molar-refractivity contribution >= 4 is 23.3 Å². The molecular formula is C18H20ClN3O2. The van der Waals surface area contributed by atoms with Crippen molar-refractivity contribution in [1.29, 1.82) is 0 Å². The predicted molar refractivity (Wildman–Crippen MR) is 94.7 cm³/mol. The van der Waals surface area contributed by atoms with Gasteiger partial charge in [-0.1, -0.05) is 29.8 Å². The summed E-state index contributed by atoms with van der Waals surface area (Å²) < 4.78 is 5.42. The Morgan fingerprint density at radius 1 is 1.38 bits per heavy atom. The topological polar surface area (TPSA) is 54.5 Å². The van der Waals surface area contributed by atoms with Crippen LogP contribution in [0.25, 0.3) is 0 Å². The van der Waals surface area contributed by atoms with Gasteiger partial charge in [0.15, 0.2) is 5.15 Å². The Balaban J connectivity index is 1.71. The number of rotatable bonds is 4. The molecule has 1 aromatic carbocycles. The quantitative estimate of drug-likeness (QED) is 0.853. The molecule has 1 atom stereocenters. The molecule has 3 rings (SSSR count). The van der Waals surface area contributed by atoms with Crippen molar-refractivity contribution in [1.82, 2.24) is 9.88 Å². The Morgan fingerprint density at radius 2 is 2.21 bits per heavy atom. The average Bonchev–Trinajstić information content (AvgIpc) is 3.06. The Bertz CT molecular complexity index is 723. The summed E-state index contributed by atoms with van der Waals surface area (Å²) in [7, 11) is 1.67. The van der Waals surface area contributed by atoms with Crippen molar-refractivity contribution in [3.8, 4) is 5.75 Å². The van der Waals surface area contributed by atoms with E-state index in [0.717, 1.165) is 37.1 Å². The van der Waals surface area contributed by atoms with Gasteiger partial charge in [-0.05, 0) is 43.0 Å². The maximum Gasteiger partial charge on any atom is 0.322 e. The van der Waals surface area contributed by atoms with Crippen LogP contribution in [-0.2, 0) is 6.42 Å². The number of halogens is 1. The van der Waals surface area contributed by atoms with Crippen molar-refractivity contribution in [2.45, 2.75) is 25.3 Å². The summed E-state index contributed by atoms with van der Waals surface area (Å²) in [4.78, 5) is 18.5. The second-order valence-electron chi connectivity index (χ2n) is 5.78. The summed E-state index contributed by atoms with van der Waals surface area (Å²) in [6.45, 7) is 0.740. The van der Waals surface area contributed by atoms with E-state index in [-0.39, 0.29) is 12.1 Å². The fourth-order valence-electron chi connectivity index (χ4n) is 3.11. The first-order chi connectivity index (χ1) is 11.7. The fourth-order valence-corrected chi connectivity index (χ4v) is 3.27. The van der Waals surface area contributed by atoms with Gasteiger partial charge in [-0.15, -0.1) is 0 Å². The molecule has 1 saturated heterocycles. The number of benzene rings is 1. The second-order valence-corrected chi connectivity index (χ2v) is 6.14. The summed E-state index contributed by atoms with van der Waals surface area (Å²) in [5.41, 5.74) is 1.65. The molecule has 1 N–H and O–H groups in total. The lowest BCUT2D eigenvalue weighted by atomic mass is 10.0. The van der Waals surface area contributed by atoms with E-state index in [1.807, 2.05) is 29.2 Å². The fraction of sp³-hybridized carbons (Fsp3) is 0.333. The van der Waals surface area contributed by atoms with Gasteiger partial charge in [-0.25, -0.2) is 9.78 Å². The lowest BCUT2D eigenvalue weighted by Crippen LogP contribution is -2.39. The number of amides is 2. The number of ether oxygens (including phenoxy) is 1. The van der Waals surface area contributed by atoms with Crippen LogP contribution in [0.3, 0.4) is 0 Å². The van der Waals surface area contributed by atoms with E-state index in [0.29, 0.717) is 10.8 Å². The first kappa shape index (κ1) is 16.6. The minimum Gasteiger partial charge on any atom is -0.496 e. The van der Waals surface area contributed by atoms with E-state index in [2.05, 4.69) is 10.3 Å². The van der Waals surface area contributed by atoms with E-state index in [4.69, 9.17) is 16.3 Å². The second kappa shape index (κ2) is 7.53. The van der Waals surface area contributed by atoms with Crippen LogP contribution in [0.1, 0.15) is 18.4 Å². The average molecular weight is 346 g/mol. The summed E-state index contributed by atoms with van der Waals surface area (Å²) in [5.74, 6) is 0.861.